The Labute approximate surface area is 200 Å². The number of pyridine rings is 2. The van der Waals surface area contributed by atoms with Gasteiger partial charge in [0, 0.05) is 49.0 Å². The second-order valence-corrected chi connectivity index (χ2v) is 10.1. The third-order valence-corrected chi connectivity index (χ3v) is 7.82. The summed E-state index contributed by atoms with van der Waals surface area (Å²) < 4.78 is 7.06. The van der Waals surface area contributed by atoms with E-state index < -0.39 is 6.03 Å². The molecule has 8 nitrogen and oxygen atoms in total. The first-order valence-electron chi connectivity index (χ1n) is 12.4. The van der Waals surface area contributed by atoms with Gasteiger partial charge in [-0.25, -0.2) is 4.79 Å². The van der Waals surface area contributed by atoms with Gasteiger partial charge in [0.1, 0.15) is 0 Å². The Bertz CT molecular complexity index is 1120. The van der Waals surface area contributed by atoms with Crippen LogP contribution in [0.5, 0.6) is 0 Å². The topological polar surface area (TPSA) is 102 Å². The molecule has 3 unspecified atom stereocenters. The zero-order chi connectivity index (χ0) is 24.4. The van der Waals surface area contributed by atoms with E-state index in [2.05, 4.69) is 22.5 Å². The van der Waals surface area contributed by atoms with Gasteiger partial charge in [0.2, 0.25) is 5.91 Å². The first-order chi connectivity index (χ1) is 16.3. The van der Waals surface area contributed by atoms with Crippen molar-refractivity contribution >= 4 is 22.8 Å². The Morgan fingerprint density at radius 3 is 2.56 bits per heavy atom. The van der Waals surface area contributed by atoms with Crippen LogP contribution in [0.2, 0.25) is 0 Å². The highest BCUT2D eigenvalue weighted by atomic mass is 16.5. The number of rotatable bonds is 4. The molecule has 3 amide bonds. The number of imide groups is 1. The molecule has 2 N–H and O–H groups in total. The fourth-order valence-electron chi connectivity index (χ4n) is 5.64. The normalized spacial score (nSPS) is 27.4. The van der Waals surface area contributed by atoms with Gasteiger partial charge in [-0.1, -0.05) is 6.92 Å². The van der Waals surface area contributed by atoms with Crippen LogP contribution in [0.25, 0.3) is 10.9 Å². The number of nitrogens with one attached hydrogen (secondary N) is 2. The van der Waals surface area contributed by atoms with Crippen LogP contribution in [0.15, 0.2) is 23.1 Å². The molecule has 8 heteroatoms. The van der Waals surface area contributed by atoms with Crippen molar-refractivity contribution in [1.82, 2.24) is 20.2 Å². The molecule has 2 fully saturated rings. The summed E-state index contributed by atoms with van der Waals surface area (Å²) in [5.41, 5.74) is 2.52. The van der Waals surface area contributed by atoms with Crippen LogP contribution in [0.1, 0.15) is 69.0 Å². The van der Waals surface area contributed by atoms with Gasteiger partial charge in [-0.2, -0.15) is 0 Å². The van der Waals surface area contributed by atoms with Gasteiger partial charge in [-0.15, -0.1) is 0 Å². The largest absolute Gasteiger partial charge is 0.381 e. The Hall–Kier alpha value is -2.74. The maximum Gasteiger partial charge on any atom is 0.321 e. The SMILES string of the molecule is COC1CCC(C(=O)NC(=O)NC2CCC(C)C(c3cc4cnc(C)cc4n(C)c3=O)C2)CC1. The third-order valence-electron chi connectivity index (χ3n) is 7.82. The average Bonchev–Trinajstić information content (AvgIpc) is 2.83. The van der Waals surface area contributed by atoms with E-state index in [-0.39, 0.29) is 35.4 Å². The summed E-state index contributed by atoms with van der Waals surface area (Å²) in [6.07, 6.45) is 7.58. The van der Waals surface area contributed by atoms with Crippen LogP contribution in [-0.2, 0) is 16.6 Å². The van der Waals surface area contributed by atoms with Gasteiger partial charge in [-0.3, -0.25) is 19.9 Å². The van der Waals surface area contributed by atoms with E-state index in [1.54, 1.807) is 18.7 Å². The van der Waals surface area contributed by atoms with Crippen molar-refractivity contribution in [3.8, 4) is 0 Å². The van der Waals surface area contributed by atoms with Gasteiger partial charge in [0.05, 0.1) is 11.6 Å². The second-order valence-electron chi connectivity index (χ2n) is 10.1. The monoisotopic (exact) mass is 468 g/mol. The summed E-state index contributed by atoms with van der Waals surface area (Å²) in [6.45, 7) is 4.08. The standard InChI is InChI=1S/C26H36N4O4/c1-15-5-8-19(28-26(33)29-24(31)17-6-9-20(34-4)10-7-17)13-21(15)22-12-18-14-27-16(2)11-23(18)30(3)25(22)32/h11-12,14-15,17,19-21H,5-10,13H2,1-4H3,(H2,28,29,31,33). The first kappa shape index (κ1) is 24.4. The van der Waals surface area contributed by atoms with Gasteiger partial charge < -0.3 is 14.6 Å². The number of methoxy groups -OCH3 is 1. The highest BCUT2D eigenvalue weighted by Crippen LogP contribution is 2.37. The number of aryl methyl sites for hydroxylation is 2. The highest BCUT2D eigenvalue weighted by molar-refractivity contribution is 5.95. The van der Waals surface area contributed by atoms with E-state index in [9.17, 15) is 14.4 Å². The quantitative estimate of drug-likeness (QED) is 0.715. The minimum absolute atomic E-state index is 0.00175. The minimum Gasteiger partial charge on any atom is -0.381 e. The summed E-state index contributed by atoms with van der Waals surface area (Å²) in [6, 6.07) is 3.37. The minimum atomic E-state index is -0.441. The summed E-state index contributed by atoms with van der Waals surface area (Å²) in [4.78, 5) is 42.8. The van der Waals surface area contributed by atoms with E-state index in [0.29, 0.717) is 12.3 Å². The predicted octanol–water partition coefficient (Wildman–Crippen LogP) is 3.55. The van der Waals surface area contributed by atoms with Crippen LogP contribution in [0.3, 0.4) is 0 Å². The molecule has 0 saturated heterocycles. The van der Waals surface area contributed by atoms with Crippen molar-refractivity contribution < 1.29 is 14.3 Å². The zero-order valence-electron chi connectivity index (χ0n) is 20.6. The van der Waals surface area contributed by atoms with Crippen molar-refractivity contribution in [3.05, 3.63) is 39.9 Å². The fourth-order valence-corrected chi connectivity index (χ4v) is 5.64. The number of aromatic nitrogens is 2. The lowest BCUT2D eigenvalue weighted by molar-refractivity contribution is -0.125. The van der Waals surface area contributed by atoms with Crippen LogP contribution in [0.4, 0.5) is 4.79 Å². The molecule has 2 aromatic heterocycles. The van der Waals surface area contributed by atoms with Crippen LogP contribution in [-0.4, -0.2) is 40.7 Å². The number of urea groups is 1. The summed E-state index contributed by atoms with van der Waals surface area (Å²) in [5.74, 6) is -0.00105. The number of hydrogen-bond acceptors (Lipinski definition) is 5. The molecule has 4 rings (SSSR count). The molecule has 3 atom stereocenters. The second kappa shape index (κ2) is 10.3. The molecule has 2 aromatic rings. The molecule has 0 spiro atoms. The predicted molar refractivity (Wildman–Crippen MR) is 131 cm³/mol. The van der Waals surface area contributed by atoms with E-state index >= 15 is 0 Å². The lowest BCUT2D eigenvalue weighted by Gasteiger charge is -2.35. The Balaban J connectivity index is 1.42. The lowest BCUT2D eigenvalue weighted by Crippen LogP contribution is -2.48. The maximum atomic E-state index is 13.2. The molecule has 0 aliphatic heterocycles. The van der Waals surface area contributed by atoms with E-state index in [0.717, 1.165) is 60.7 Å². The van der Waals surface area contributed by atoms with Crippen molar-refractivity contribution in [2.75, 3.05) is 7.11 Å². The van der Waals surface area contributed by atoms with Crippen molar-refractivity contribution in [3.63, 3.8) is 0 Å². The number of carbonyl (C=O) groups is 2. The Kier molecular flexibility index (Phi) is 7.36. The van der Waals surface area contributed by atoms with Crippen LogP contribution in [0, 0.1) is 18.8 Å². The number of ether oxygens (including phenoxy) is 1. The number of carbonyl (C=O) groups excluding carboxylic acids is 2. The summed E-state index contributed by atoms with van der Waals surface area (Å²) in [5, 5.41) is 6.47. The number of amides is 3. The Morgan fingerprint density at radius 1 is 1.12 bits per heavy atom. The number of hydrogen-bond donors (Lipinski definition) is 2. The molecule has 2 aliphatic carbocycles. The van der Waals surface area contributed by atoms with Crippen molar-refractivity contribution in [2.45, 2.75) is 76.9 Å². The highest BCUT2D eigenvalue weighted by Gasteiger charge is 2.33. The molecular weight excluding hydrogens is 432 g/mol. The average molecular weight is 469 g/mol. The summed E-state index contributed by atoms with van der Waals surface area (Å²) in [7, 11) is 3.50. The van der Waals surface area contributed by atoms with Gasteiger partial charge in [0.15, 0.2) is 0 Å². The smallest absolute Gasteiger partial charge is 0.321 e. The Morgan fingerprint density at radius 2 is 1.85 bits per heavy atom. The third kappa shape index (κ3) is 5.17. The molecule has 2 saturated carbocycles. The van der Waals surface area contributed by atoms with E-state index in [4.69, 9.17) is 4.74 Å². The first-order valence-corrected chi connectivity index (χ1v) is 12.4. The maximum absolute atomic E-state index is 13.2. The molecular formula is C26H36N4O4. The van der Waals surface area contributed by atoms with Crippen LogP contribution >= 0.6 is 0 Å². The molecule has 34 heavy (non-hydrogen) atoms. The molecule has 0 radical (unpaired) electrons. The fraction of sp³-hybridized carbons (Fsp3) is 0.615. The molecule has 2 aliphatic rings. The molecule has 0 bridgehead atoms. The van der Waals surface area contributed by atoms with Crippen LogP contribution < -0.4 is 16.2 Å². The van der Waals surface area contributed by atoms with Gasteiger partial charge in [0.25, 0.3) is 5.56 Å². The lowest BCUT2D eigenvalue weighted by atomic mass is 9.74. The molecule has 184 valence electrons. The molecule has 0 aromatic carbocycles. The number of nitrogens with zero attached hydrogens (tertiary/aromatic N) is 2. The van der Waals surface area contributed by atoms with Crippen molar-refractivity contribution in [2.24, 2.45) is 18.9 Å². The summed E-state index contributed by atoms with van der Waals surface area (Å²) >= 11 is 0. The van der Waals surface area contributed by atoms with Gasteiger partial charge in [-0.05, 0) is 75.8 Å². The zero-order valence-corrected chi connectivity index (χ0v) is 20.6. The number of fused-ring (bicyclic) bond motifs is 1. The van der Waals surface area contributed by atoms with Crippen molar-refractivity contribution in [1.29, 1.82) is 0 Å². The molecule has 2 heterocycles. The van der Waals surface area contributed by atoms with Gasteiger partial charge >= 0.3 is 6.03 Å². The van der Waals surface area contributed by atoms with E-state index in [1.165, 1.54) is 0 Å². The van der Waals surface area contributed by atoms with E-state index in [1.807, 2.05) is 25.3 Å².